The number of nitrogens with zero attached hydrogens (tertiary/aromatic N) is 1. The van der Waals surface area contributed by atoms with Gasteiger partial charge in [-0.3, -0.25) is 0 Å². The van der Waals surface area contributed by atoms with Crippen molar-refractivity contribution in [1.82, 2.24) is 10.3 Å². The first-order valence-corrected chi connectivity index (χ1v) is 7.43. The molecule has 0 aliphatic carbocycles. The molecule has 0 radical (unpaired) electrons. The zero-order chi connectivity index (χ0) is 15.4. The third kappa shape index (κ3) is 3.82. The SMILES string of the molecule is CNC(C)c1ccc(Oc2cc(C(C)C)ccc2C)nc1. The summed E-state index contributed by atoms with van der Waals surface area (Å²) in [5.41, 5.74) is 3.54. The normalized spacial score (nSPS) is 12.5. The van der Waals surface area contributed by atoms with Crippen LogP contribution < -0.4 is 10.1 Å². The van der Waals surface area contributed by atoms with Gasteiger partial charge in [0.1, 0.15) is 5.75 Å². The van der Waals surface area contributed by atoms with Gasteiger partial charge in [0, 0.05) is 18.3 Å². The highest BCUT2D eigenvalue weighted by molar-refractivity contribution is 5.40. The molecular weight excluding hydrogens is 260 g/mol. The van der Waals surface area contributed by atoms with Crippen LogP contribution >= 0.6 is 0 Å². The van der Waals surface area contributed by atoms with Crippen molar-refractivity contribution in [3.8, 4) is 11.6 Å². The molecule has 21 heavy (non-hydrogen) atoms. The molecule has 1 N–H and O–H groups in total. The monoisotopic (exact) mass is 284 g/mol. The minimum atomic E-state index is 0.289. The Bertz CT molecular complexity index is 591. The van der Waals surface area contributed by atoms with Gasteiger partial charge in [0.05, 0.1) is 0 Å². The average Bonchev–Trinajstić information content (AvgIpc) is 2.49. The van der Waals surface area contributed by atoms with Gasteiger partial charge >= 0.3 is 0 Å². The Kier molecular flexibility index (Phi) is 4.97. The highest BCUT2D eigenvalue weighted by Crippen LogP contribution is 2.28. The maximum absolute atomic E-state index is 5.94. The van der Waals surface area contributed by atoms with E-state index in [9.17, 15) is 0 Å². The Labute approximate surface area is 127 Å². The van der Waals surface area contributed by atoms with Crippen LogP contribution in [0, 0.1) is 6.92 Å². The van der Waals surface area contributed by atoms with Gasteiger partial charge in [-0.25, -0.2) is 4.98 Å². The van der Waals surface area contributed by atoms with Gasteiger partial charge in [0.15, 0.2) is 0 Å². The zero-order valence-corrected chi connectivity index (χ0v) is 13.5. The zero-order valence-electron chi connectivity index (χ0n) is 13.5. The molecule has 0 amide bonds. The lowest BCUT2D eigenvalue weighted by molar-refractivity contribution is 0.457. The minimum Gasteiger partial charge on any atom is -0.439 e. The second-order valence-electron chi connectivity index (χ2n) is 5.72. The first-order chi connectivity index (χ1) is 10.0. The fourth-order valence-electron chi connectivity index (χ4n) is 2.07. The van der Waals surface area contributed by atoms with Crippen LogP contribution in [0.1, 0.15) is 49.4 Å². The fourth-order valence-corrected chi connectivity index (χ4v) is 2.07. The van der Waals surface area contributed by atoms with Gasteiger partial charge in [0.2, 0.25) is 5.88 Å². The summed E-state index contributed by atoms with van der Waals surface area (Å²) in [6, 6.07) is 10.6. The maximum atomic E-state index is 5.94. The number of benzene rings is 1. The van der Waals surface area contributed by atoms with Crippen LogP contribution in [0.25, 0.3) is 0 Å². The van der Waals surface area contributed by atoms with Crippen molar-refractivity contribution in [2.75, 3.05) is 7.05 Å². The molecule has 1 heterocycles. The summed E-state index contributed by atoms with van der Waals surface area (Å²) in [7, 11) is 1.94. The summed E-state index contributed by atoms with van der Waals surface area (Å²) in [4.78, 5) is 4.40. The first kappa shape index (κ1) is 15.5. The lowest BCUT2D eigenvalue weighted by Gasteiger charge is -2.13. The van der Waals surface area contributed by atoms with E-state index in [0.717, 1.165) is 16.9 Å². The van der Waals surface area contributed by atoms with Gasteiger partial charge in [0.25, 0.3) is 0 Å². The van der Waals surface area contributed by atoms with Gasteiger partial charge in [-0.2, -0.15) is 0 Å². The van der Waals surface area contributed by atoms with Crippen molar-refractivity contribution in [2.24, 2.45) is 0 Å². The van der Waals surface area contributed by atoms with E-state index in [-0.39, 0.29) is 6.04 Å². The Morgan fingerprint density at radius 2 is 1.76 bits per heavy atom. The van der Waals surface area contributed by atoms with Crippen molar-refractivity contribution in [3.05, 3.63) is 53.2 Å². The lowest BCUT2D eigenvalue weighted by Crippen LogP contribution is -2.12. The molecule has 1 unspecified atom stereocenters. The standard InChI is InChI=1S/C18H24N2O/c1-12(2)15-7-6-13(3)17(10-15)21-18-9-8-16(11-20-18)14(4)19-5/h6-12,14,19H,1-5H3. The molecule has 0 aliphatic rings. The van der Waals surface area contributed by atoms with Crippen LogP contribution in [-0.4, -0.2) is 12.0 Å². The fraction of sp³-hybridized carbons (Fsp3) is 0.389. The average molecular weight is 284 g/mol. The van der Waals surface area contributed by atoms with E-state index in [0.29, 0.717) is 11.8 Å². The second-order valence-corrected chi connectivity index (χ2v) is 5.72. The number of ether oxygens (including phenoxy) is 1. The van der Waals surface area contributed by atoms with Gasteiger partial charge < -0.3 is 10.1 Å². The molecule has 1 atom stereocenters. The molecule has 0 aliphatic heterocycles. The maximum Gasteiger partial charge on any atom is 0.219 e. The van der Waals surface area contributed by atoms with E-state index in [1.807, 2.05) is 25.4 Å². The molecule has 0 fully saturated rings. The number of hydrogen-bond acceptors (Lipinski definition) is 3. The number of nitrogens with one attached hydrogen (secondary N) is 1. The molecule has 0 saturated heterocycles. The molecule has 1 aromatic carbocycles. The van der Waals surface area contributed by atoms with Crippen molar-refractivity contribution in [3.63, 3.8) is 0 Å². The molecule has 1 aromatic heterocycles. The third-order valence-corrected chi connectivity index (χ3v) is 3.79. The number of pyridine rings is 1. The Morgan fingerprint density at radius 1 is 1.05 bits per heavy atom. The van der Waals surface area contributed by atoms with E-state index in [1.165, 1.54) is 5.56 Å². The molecular formula is C18H24N2O. The first-order valence-electron chi connectivity index (χ1n) is 7.43. The highest BCUT2D eigenvalue weighted by atomic mass is 16.5. The van der Waals surface area contributed by atoms with Crippen molar-refractivity contribution < 1.29 is 4.74 Å². The summed E-state index contributed by atoms with van der Waals surface area (Å²) in [5.74, 6) is 1.99. The van der Waals surface area contributed by atoms with Gasteiger partial charge in [-0.1, -0.05) is 32.0 Å². The molecule has 2 aromatic rings. The highest BCUT2D eigenvalue weighted by Gasteiger charge is 2.08. The van der Waals surface area contributed by atoms with E-state index < -0.39 is 0 Å². The van der Waals surface area contributed by atoms with Crippen molar-refractivity contribution in [1.29, 1.82) is 0 Å². The van der Waals surface area contributed by atoms with Crippen molar-refractivity contribution >= 4 is 0 Å². The molecule has 2 rings (SSSR count). The van der Waals surface area contributed by atoms with Crippen LogP contribution in [0.15, 0.2) is 36.5 Å². The molecule has 0 spiro atoms. The lowest BCUT2D eigenvalue weighted by atomic mass is 10.0. The van der Waals surface area contributed by atoms with Crippen LogP contribution in [0.4, 0.5) is 0 Å². The quantitative estimate of drug-likeness (QED) is 0.872. The van der Waals surface area contributed by atoms with Crippen LogP contribution in [0.2, 0.25) is 0 Å². The largest absolute Gasteiger partial charge is 0.439 e. The number of aryl methyl sites for hydroxylation is 1. The van der Waals surface area contributed by atoms with Gasteiger partial charge in [-0.05, 0) is 49.6 Å². The number of hydrogen-bond donors (Lipinski definition) is 1. The van der Waals surface area contributed by atoms with E-state index in [2.05, 4.69) is 56.2 Å². The molecule has 0 bridgehead atoms. The predicted molar refractivity (Wildman–Crippen MR) is 87.1 cm³/mol. The predicted octanol–water partition coefficient (Wildman–Crippen LogP) is 4.59. The summed E-state index contributed by atoms with van der Waals surface area (Å²) < 4.78 is 5.94. The minimum absolute atomic E-state index is 0.289. The molecule has 112 valence electrons. The third-order valence-electron chi connectivity index (χ3n) is 3.79. The second kappa shape index (κ2) is 6.72. The summed E-state index contributed by atoms with van der Waals surface area (Å²) in [6.07, 6.45) is 1.86. The van der Waals surface area contributed by atoms with Crippen LogP contribution in [0.3, 0.4) is 0 Å². The van der Waals surface area contributed by atoms with E-state index in [4.69, 9.17) is 4.74 Å². The summed E-state index contributed by atoms with van der Waals surface area (Å²) in [5, 5.41) is 3.20. The topological polar surface area (TPSA) is 34.1 Å². The number of aromatic nitrogens is 1. The van der Waals surface area contributed by atoms with Crippen LogP contribution in [-0.2, 0) is 0 Å². The summed E-state index contributed by atoms with van der Waals surface area (Å²) in [6.45, 7) is 8.52. The van der Waals surface area contributed by atoms with Crippen molar-refractivity contribution in [2.45, 2.75) is 39.7 Å². The molecule has 3 nitrogen and oxygen atoms in total. The summed E-state index contributed by atoms with van der Waals surface area (Å²) >= 11 is 0. The Morgan fingerprint density at radius 3 is 2.33 bits per heavy atom. The molecule has 3 heteroatoms. The van der Waals surface area contributed by atoms with E-state index in [1.54, 1.807) is 0 Å². The number of rotatable bonds is 5. The smallest absolute Gasteiger partial charge is 0.219 e. The van der Waals surface area contributed by atoms with Gasteiger partial charge in [-0.15, -0.1) is 0 Å². The molecule has 0 saturated carbocycles. The Hall–Kier alpha value is -1.87. The van der Waals surface area contributed by atoms with Crippen LogP contribution in [0.5, 0.6) is 11.6 Å². The Balaban J connectivity index is 2.20. The van der Waals surface area contributed by atoms with E-state index >= 15 is 0 Å².